The third kappa shape index (κ3) is 3.61. The fraction of sp³-hybridized carbons (Fsp3) is 0.250. The predicted molar refractivity (Wildman–Crippen MR) is 112 cm³/mol. The Labute approximate surface area is 167 Å². The zero-order valence-electron chi connectivity index (χ0n) is 16.6. The van der Waals surface area contributed by atoms with E-state index in [2.05, 4.69) is 41.3 Å². The van der Waals surface area contributed by atoms with Crippen LogP contribution in [-0.4, -0.2) is 44.4 Å². The molecule has 28 heavy (non-hydrogen) atoms. The third-order valence-corrected chi connectivity index (χ3v) is 5.22. The van der Waals surface area contributed by atoms with Crippen LogP contribution in [0, 0.1) is 0 Å². The highest BCUT2D eigenvalue weighted by atomic mass is 16.5. The summed E-state index contributed by atoms with van der Waals surface area (Å²) in [5.74, 6) is 1.62. The van der Waals surface area contributed by atoms with E-state index < -0.39 is 5.54 Å². The van der Waals surface area contributed by atoms with Crippen LogP contribution in [0.1, 0.15) is 16.7 Å². The second-order valence-electron chi connectivity index (χ2n) is 6.68. The number of likely N-dealkylation sites (N-methyl/N-ethyl adjacent to an activating group) is 1. The first-order chi connectivity index (χ1) is 13.7. The summed E-state index contributed by atoms with van der Waals surface area (Å²) in [5.41, 5.74) is 2.75. The highest BCUT2D eigenvalue weighted by Gasteiger charge is 2.40. The Morgan fingerprint density at radius 3 is 1.54 bits per heavy atom. The molecule has 0 saturated carbocycles. The minimum atomic E-state index is -0.567. The summed E-state index contributed by atoms with van der Waals surface area (Å²) in [6.07, 6.45) is 0. The van der Waals surface area contributed by atoms with E-state index in [0.717, 1.165) is 28.2 Å². The number of methoxy groups -OCH3 is 2. The van der Waals surface area contributed by atoms with E-state index in [0.29, 0.717) is 6.54 Å². The molecule has 0 aromatic heterocycles. The Balaban J connectivity index is 2.29. The first kappa shape index (κ1) is 19.9. The van der Waals surface area contributed by atoms with Crippen LogP contribution in [0.4, 0.5) is 0 Å². The molecule has 146 valence electrons. The van der Waals surface area contributed by atoms with Gasteiger partial charge in [-0.3, -0.25) is 4.90 Å². The molecule has 4 heteroatoms. The van der Waals surface area contributed by atoms with Crippen molar-refractivity contribution in [1.82, 2.24) is 4.90 Å². The summed E-state index contributed by atoms with van der Waals surface area (Å²) in [5, 5.41) is 9.72. The first-order valence-electron chi connectivity index (χ1n) is 9.33. The van der Waals surface area contributed by atoms with Gasteiger partial charge in [0.05, 0.1) is 26.4 Å². The number of hydrogen-bond acceptors (Lipinski definition) is 4. The molecule has 3 aromatic rings. The SMILES string of the molecule is COc1ccc(C(c2ccccc2)(c2ccc(OC)cc2)N(C)CCO)cc1. The summed E-state index contributed by atoms with van der Waals surface area (Å²) in [4.78, 5) is 2.19. The average Bonchev–Trinajstić information content (AvgIpc) is 2.76. The van der Waals surface area contributed by atoms with E-state index in [1.54, 1.807) is 14.2 Å². The maximum Gasteiger partial charge on any atom is 0.118 e. The fourth-order valence-electron chi connectivity index (χ4n) is 3.82. The first-order valence-corrected chi connectivity index (χ1v) is 9.33. The number of hydrogen-bond donors (Lipinski definition) is 1. The van der Waals surface area contributed by atoms with Crippen LogP contribution in [0.5, 0.6) is 11.5 Å². The van der Waals surface area contributed by atoms with Gasteiger partial charge in [-0.15, -0.1) is 0 Å². The van der Waals surface area contributed by atoms with Gasteiger partial charge in [0.1, 0.15) is 11.5 Å². The molecule has 3 rings (SSSR count). The summed E-state index contributed by atoms with van der Waals surface area (Å²) in [6, 6.07) is 26.6. The molecule has 0 radical (unpaired) electrons. The Morgan fingerprint density at radius 2 is 1.14 bits per heavy atom. The van der Waals surface area contributed by atoms with Crippen molar-refractivity contribution in [1.29, 1.82) is 0 Å². The van der Waals surface area contributed by atoms with E-state index in [9.17, 15) is 5.11 Å². The smallest absolute Gasteiger partial charge is 0.118 e. The van der Waals surface area contributed by atoms with Crippen molar-refractivity contribution in [2.24, 2.45) is 0 Å². The van der Waals surface area contributed by atoms with Gasteiger partial charge in [0.2, 0.25) is 0 Å². The summed E-state index contributed by atoms with van der Waals surface area (Å²) in [7, 11) is 5.37. The Hall–Kier alpha value is -2.82. The molecular formula is C24H27NO3. The molecule has 0 bridgehead atoms. The lowest BCUT2D eigenvalue weighted by Crippen LogP contribution is -2.47. The van der Waals surface area contributed by atoms with E-state index in [-0.39, 0.29) is 6.61 Å². The van der Waals surface area contributed by atoms with Gasteiger partial charge < -0.3 is 14.6 Å². The lowest BCUT2D eigenvalue weighted by atomic mass is 9.75. The van der Waals surface area contributed by atoms with Crippen molar-refractivity contribution in [2.45, 2.75) is 5.54 Å². The number of benzene rings is 3. The van der Waals surface area contributed by atoms with Gasteiger partial charge in [0.15, 0.2) is 0 Å². The van der Waals surface area contributed by atoms with Crippen LogP contribution >= 0.6 is 0 Å². The molecule has 0 amide bonds. The lowest BCUT2D eigenvalue weighted by molar-refractivity contribution is 0.152. The number of ether oxygens (including phenoxy) is 2. The van der Waals surface area contributed by atoms with E-state index in [1.807, 2.05) is 49.5 Å². The molecule has 0 atom stereocenters. The van der Waals surface area contributed by atoms with Crippen LogP contribution in [0.2, 0.25) is 0 Å². The monoisotopic (exact) mass is 377 g/mol. The van der Waals surface area contributed by atoms with Crippen molar-refractivity contribution >= 4 is 0 Å². The van der Waals surface area contributed by atoms with E-state index in [4.69, 9.17) is 9.47 Å². The molecule has 0 unspecified atom stereocenters. The fourth-order valence-corrected chi connectivity index (χ4v) is 3.82. The van der Waals surface area contributed by atoms with Crippen LogP contribution in [0.15, 0.2) is 78.9 Å². The van der Waals surface area contributed by atoms with Gasteiger partial charge in [-0.1, -0.05) is 54.6 Å². The van der Waals surface area contributed by atoms with Crippen LogP contribution in [-0.2, 0) is 5.54 Å². The molecule has 0 fully saturated rings. The molecule has 4 nitrogen and oxygen atoms in total. The standard InChI is InChI=1S/C24H27NO3/c1-25(17-18-26)24(19-7-5-4-6-8-19,20-9-13-22(27-2)14-10-20)21-11-15-23(28-3)16-12-21/h4-16,26H,17-18H2,1-3H3. The molecule has 0 spiro atoms. The van der Waals surface area contributed by atoms with E-state index in [1.165, 1.54) is 0 Å². The minimum Gasteiger partial charge on any atom is -0.497 e. The van der Waals surface area contributed by atoms with Crippen molar-refractivity contribution in [3.63, 3.8) is 0 Å². The Kier molecular flexibility index (Phi) is 6.34. The molecule has 0 saturated heterocycles. The largest absolute Gasteiger partial charge is 0.497 e. The quantitative estimate of drug-likeness (QED) is 0.604. The van der Waals surface area contributed by atoms with Crippen LogP contribution in [0.3, 0.4) is 0 Å². The molecule has 0 aliphatic rings. The second kappa shape index (κ2) is 8.91. The van der Waals surface area contributed by atoms with Gasteiger partial charge in [-0.25, -0.2) is 0 Å². The van der Waals surface area contributed by atoms with Gasteiger partial charge >= 0.3 is 0 Å². The third-order valence-electron chi connectivity index (χ3n) is 5.22. The molecule has 0 aliphatic heterocycles. The molecule has 0 heterocycles. The molecule has 1 N–H and O–H groups in total. The Morgan fingerprint density at radius 1 is 0.714 bits per heavy atom. The number of aliphatic hydroxyl groups is 1. The molecule has 3 aromatic carbocycles. The maximum absolute atomic E-state index is 9.72. The highest BCUT2D eigenvalue weighted by molar-refractivity contribution is 5.51. The summed E-state index contributed by atoms with van der Waals surface area (Å²) < 4.78 is 10.7. The van der Waals surface area contributed by atoms with Gasteiger partial charge in [0, 0.05) is 6.54 Å². The number of rotatable bonds is 8. The average molecular weight is 377 g/mol. The van der Waals surface area contributed by atoms with Crippen molar-refractivity contribution < 1.29 is 14.6 Å². The van der Waals surface area contributed by atoms with Gasteiger partial charge in [0.25, 0.3) is 0 Å². The number of nitrogens with zero attached hydrogens (tertiary/aromatic N) is 1. The van der Waals surface area contributed by atoms with Crippen LogP contribution in [0.25, 0.3) is 0 Å². The van der Waals surface area contributed by atoms with E-state index >= 15 is 0 Å². The predicted octanol–water partition coefficient (Wildman–Crippen LogP) is 3.92. The van der Waals surface area contributed by atoms with Crippen molar-refractivity contribution in [2.75, 3.05) is 34.4 Å². The zero-order chi connectivity index (χ0) is 20.0. The molecular weight excluding hydrogens is 350 g/mol. The van der Waals surface area contributed by atoms with Crippen molar-refractivity contribution in [3.8, 4) is 11.5 Å². The van der Waals surface area contributed by atoms with Crippen LogP contribution < -0.4 is 9.47 Å². The summed E-state index contributed by atoms with van der Waals surface area (Å²) in [6.45, 7) is 0.588. The highest BCUT2D eigenvalue weighted by Crippen LogP contribution is 2.42. The summed E-state index contributed by atoms with van der Waals surface area (Å²) >= 11 is 0. The maximum atomic E-state index is 9.72. The normalized spacial score (nSPS) is 11.5. The second-order valence-corrected chi connectivity index (χ2v) is 6.68. The molecule has 0 aliphatic carbocycles. The Bertz CT molecular complexity index is 813. The lowest BCUT2D eigenvalue weighted by Gasteiger charge is -2.43. The minimum absolute atomic E-state index is 0.0669. The van der Waals surface area contributed by atoms with Gasteiger partial charge in [-0.05, 0) is 48.0 Å². The zero-order valence-corrected chi connectivity index (χ0v) is 16.6. The topological polar surface area (TPSA) is 41.9 Å². The van der Waals surface area contributed by atoms with Crippen molar-refractivity contribution in [3.05, 3.63) is 95.6 Å². The number of aliphatic hydroxyl groups excluding tert-OH is 1. The van der Waals surface area contributed by atoms with Gasteiger partial charge in [-0.2, -0.15) is 0 Å².